The van der Waals surface area contributed by atoms with Crippen LogP contribution in [0.2, 0.25) is 0 Å². The van der Waals surface area contributed by atoms with Crippen LogP contribution in [0.3, 0.4) is 0 Å². The number of hydrogen-bond acceptors (Lipinski definition) is 2. The summed E-state index contributed by atoms with van der Waals surface area (Å²) in [4.78, 5) is 0. The fourth-order valence-corrected chi connectivity index (χ4v) is 4.54. The van der Waals surface area contributed by atoms with E-state index in [2.05, 4.69) is 12.3 Å². The summed E-state index contributed by atoms with van der Waals surface area (Å²) in [7, 11) is 0. The maximum atomic E-state index is 13.0. The van der Waals surface area contributed by atoms with Crippen molar-refractivity contribution in [3.63, 3.8) is 0 Å². The summed E-state index contributed by atoms with van der Waals surface area (Å²) in [6.07, 6.45) is 3.92. The average molecular weight is 306 g/mol. The van der Waals surface area contributed by atoms with Gasteiger partial charge in [0.25, 0.3) is 0 Å². The zero-order chi connectivity index (χ0) is 15.5. The lowest BCUT2D eigenvalue weighted by Crippen LogP contribution is -2.49. The maximum absolute atomic E-state index is 13.0. The topological polar surface area (TPSA) is 38.0 Å². The molecule has 2 rings (SSSR count). The smallest absolute Gasteiger partial charge is 0.271 e. The lowest BCUT2D eigenvalue weighted by atomic mass is 9.69. The van der Waals surface area contributed by atoms with E-state index in [1.54, 1.807) is 0 Å². The fraction of sp³-hybridized carbons (Fsp3) is 1.00. The number of alkyl halides is 3. The Hall–Kier alpha value is -0.290. The third-order valence-electron chi connectivity index (χ3n) is 5.79. The zero-order valence-electron chi connectivity index (χ0n) is 13.0. The molecule has 2 fully saturated rings. The summed E-state index contributed by atoms with van der Waals surface area (Å²) < 4.78 is 39.0. The van der Waals surface area contributed by atoms with Crippen LogP contribution in [-0.2, 0) is 0 Å². The van der Waals surface area contributed by atoms with E-state index in [-0.39, 0.29) is 18.4 Å². The highest BCUT2D eigenvalue weighted by molar-refractivity contribution is 4.90. The van der Waals surface area contributed by atoms with Gasteiger partial charge in [-0.15, -0.1) is 0 Å². The summed E-state index contributed by atoms with van der Waals surface area (Å²) in [6, 6.07) is 0.0597. The molecule has 0 amide bonds. The number of hydrazine groups is 1. The van der Waals surface area contributed by atoms with Crippen LogP contribution in [0.5, 0.6) is 0 Å². The second-order valence-electron chi connectivity index (χ2n) is 7.06. The number of nitrogens with one attached hydrogen (secondary N) is 1. The van der Waals surface area contributed by atoms with Crippen molar-refractivity contribution >= 4 is 0 Å². The van der Waals surface area contributed by atoms with E-state index >= 15 is 0 Å². The quantitative estimate of drug-likeness (QED) is 0.596. The maximum Gasteiger partial charge on any atom is 0.391 e. The molecule has 0 aromatic rings. The normalized spacial score (nSPS) is 36.4. The average Bonchev–Trinajstić information content (AvgIpc) is 2.48. The van der Waals surface area contributed by atoms with Gasteiger partial charge in [0.2, 0.25) is 0 Å². The van der Waals surface area contributed by atoms with E-state index in [1.807, 2.05) is 0 Å². The molecule has 2 saturated carbocycles. The highest BCUT2D eigenvalue weighted by Crippen LogP contribution is 2.44. The number of hydrogen-bond donors (Lipinski definition) is 2. The first kappa shape index (κ1) is 17.1. The Morgan fingerprint density at radius 1 is 1.05 bits per heavy atom. The van der Waals surface area contributed by atoms with Gasteiger partial charge in [0.15, 0.2) is 0 Å². The molecule has 2 nitrogen and oxygen atoms in total. The molecule has 5 atom stereocenters. The predicted molar refractivity (Wildman–Crippen MR) is 78.4 cm³/mol. The van der Waals surface area contributed by atoms with Crippen molar-refractivity contribution in [3.05, 3.63) is 0 Å². The van der Waals surface area contributed by atoms with E-state index in [4.69, 9.17) is 5.84 Å². The van der Waals surface area contributed by atoms with E-state index in [1.165, 1.54) is 19.3 Å². The number of rotatable bonds is 4. The van der Waals surface area contributed by atoms with Gasteiger partial charge in [-0.1, -0.05) is 32.6 Å². The van der Waals surface area contributed by atoms with Crippen molar-refractivity contribution < 1.29 is 13.2 Å². The van der Waals surface area contributed by atoms with Gasteiger partial charge < -0.3 is 0 Å². The minimum Gasteiger partial charge on any atom is -0.271 e. The monoisotopic (exact) mass is 306 g/mol. The Morgan fingerprint density at radius 2 is 1.67 bits per heavy atom. The number of nitrogens with two attached hydrogens (primary N) is 1. The van der Waals surface area contributed by atoms with Gasteiger partial charge in [-0.3, -0.25) is 11.3 Å². The van der Waals surface area contributed by atoms with Crippen LogP contribution in [0.25, 0.3) is 0 Å². The molecule has 2 aliphatic rings. The Balaban J connectivity index is 1.99. The molecule has 0 aromatic carbocycles. The molecule has 0 spiro atoms. The molecular weight excluding hydrogens is 277 g/mol. The largest absolute Gasteiger partial charge is 0.391 e. The fourth-order valence-electron chi connectivity index (χ4n) is 4.54. The van der Waals surface area contributed by atoms with Crippen LogP contribution < -0.4 is 11.3 Å². The van der Waals surface area contributed by atoms with Crippen LogP contribution in [0, 0.1) is 23.7 Å². The molecule has 0 aliphatic heterocycles. The third-order valence-corrected chi connectivity index (χ3v) is 5.79. The van der Waals surface area contributed by atoms with Crippen molar-refractivity contribution in [2.45, 2.75) is 76.9 Å². The summed E-state index contributed by atoms with van der Waals surface area (Å²) >= 11 is 0. The van der Waals surface area contributed by atoms with Crippen LogP contribution in [0.4, 0.5) is 13.2 Å². The van der Waals surface area contributed by atoms with Crippen molar-refractivity contribution in [2.24, 2.45) is 29.5 Å². The van der Waals surface area contributed by atoms with E-state index < -0.39 is 12.1 Å². The first-order chi connectivity index (χ1) is 9.95. The molecule has 2 aliphatic carbocycles. The molecule has 3 N–H and O–H groups in total. The van der Waals surface area contributed by atoms with Gasteiger partial charge in [-0.25, -0.2) is 0 Å². The molecule has 0 saturated heterocycles. The zero-order valence-corrected chi connectivity index (χ0v) is 13.0. The Bertz CT molecular complexity index is 319. The SMILES string of the molecule is CCC1CCCC(C(NN)C2CCCC(C(F)(F)F)C2)C1. The van der Waals surface area contributed by atoms with Crippen molar-refractivity contribution in [3.8, 4) is 0 Å². The highest BCUT2D eigenvalue weighted by Gasteiger charge is 2.44. The van der Waals surface area contributed by atoms with Gasteiger partial charge >= 0.3 is 6.18 Å². The molecular formula is C16H29F3N2. The first-order valence-corrected chi connectivity index (χ1v) is 8.48. The van der Waals surface area contributed by atoms with Crippen LogP contribution >= 0.6 is 0 Å². The van der Waals surface area contributed by atoms with Crippen molar-refractivity contribution in [2.75, 3.05) is 0 Å². The van der Waals surface area contributed by atoms with Gasteiger partial charge in [-0.05, 0) is 49.9 Å². The van der Waals surface area contributed by atoms with Gasteiger partial charge in [0.05, 0.1) is 5.92 Å². The van der Waals surface area contributed by atoms with E-state index in [9.17, 15) is 13.2 Å². The predicted octanol–water partition coefficient (Wildman–Crippen LogP) is 4.40. The summed E-state index contributed by atoms with van der Waals surface area (Å²) in [5, 5.41) is 0. The molecule has 21 heavy (non-hydrogen) atoms. The Labute approximate surface area is 126 Å². The Morgan fingerprint density at radius 3 is 2.24 bits per heavy atom. The van der Waals surface area contributed by atoms with E-state index in [0.717, 1.165) is 25.2 Å². The lowest BCUT2D eigenvalue weighted by Gasteiger charge is -2.41. The van der Waals surface area contributed by atoms with Gasteiger partial charge in [0.1, 0.15) is 0 Å². The van der Waals surface area contributed by atoms with Gasteiger partial charge in [-0.2, -0.15) is 13.2 Å². The highest BCUT2D eigenvalue weighted by atomic mass is 19.4. The standard InChI is InChI=1S/C16H29F3N2/c1-2-11-5-3-6-12(9-11)15(21-20)13-7-4-8-14(10-13)16(17,18)19/h11-15,21H,2-10,20H2,1H3. The molecule has 5 heteroatoms. The molecule has 0 aromatic heterocycles. The third kappa shape index (κ3) is 4.35. The van der Waals surface area contributed by atoms with Crippen LogP contribution in [-0.4, -0.2) is 12.2 Å². The minimum atomic E-state index is -4.05. The minimum absolute atomic E-state index is 0.0597. The van der Waals surface area contributed by atoms with Crippen molar-refractivity contribution in [1.82, 2.24) is 5.43 Å². The second-order valence-corrected chi connectivity index (χ2v) is 7.06. The molecule has 0 heterocycles. The molecule has 5 unspecified atom stereocenters. The second kappa shape index (κ2) is 7.32. The number of halogens is 3. The van der Waals surface area contributed by atoms with Crippen molar-refractivity contribution in [1.29, 1.82) is 0 Å². The molecule has 124 valence electrons. The molecule has 0 radical (unpaired) electrons. The van der Waals surface area contributed by atoms with Gasteiger partial charge in [0, 0.05) is 6.04 Å². The molecule has 0 bridgehead atoms. The van der Waals surface area contributed by atoms with E-state index in [0.29, 0.717) is 18.8 Å². The lowest BCUT2D eigenvalue weighted by molar-refractivity contribution is -0.187. The van der Waals surface area contributed by atoms with Crippen LogP contribution in [0.15, 0.2) is 0 Å². The summed E-state index contributed by atoms with van der Waals surface area (Å²) in [5.74, 6) is 5.87. The summed E-state index contributed by atoms with van der Waals surface area (Å²) in [6.45, 7) is 2.21. The first-order valence-electron chi connectivity index (χ1n) is 8.48. The van der Waals surface area contributed by atoms with Crippen LogP contribution in [0.1, 0.15) is 64.7 Å². The Kier molecular flexibility index (Phi) is 5.95. The summed E-state index contributed by atoms with van der Waals surface area (Å²) in [5.41, 5.74) is 2.89.